The number of aryl methyl sites for hydroxylation is 1. The molecule has 0 saturated heterocycles. The minimum atomic E-state index is 0.629. The van der Waals surface area contributed by atoms with Crippen LogP contribution in [0.25, 0.3) is 0 Å². The molecule has 5 heteroatoms. The molecule has 5 nitrogen and oxygen atoms in total. The third-order valence-electron chi connectivity index (χ3n) is 2.96. The quantitative estimate of drug-likeness (QED) is 0.710. The molecule has 0 aliphatic heterocycles. The summed E-state index contributed by atoms with van der Waals surface area (Å²) in [6, 6.07) is 0. The SMILES string of the molecule is CCC(CCN)CCc1nc(CCOC)no1. The van der Waals surface area contributed by atoms with E-state index < -0.39 is 0 Å². The fourth-order valence-electron chi connectivity index (χ4n) is 1.80. The number of methoxy groups -OCH3 is 1. The molecule has 1 atom stereocenters. The third-order valence-corrected chi connectivity index (χ3v) is 2.96. The van der Waals surface area contributed by atoms with Gasteiger partial charge in [-0.25, -0.2) is 0 Å². The molecular weight excluding hydrogens is 218 g/mol. The number of hydrogen-bond donors (Lipinski definition) is 1. The predicted molar refractivity (Wildman–Crippen MR) is 65.7 cm³/mol. The molecule has 0 bridgehead atoms. The summed E-state index contributed by atoms with van der Waals surface area (Å²) in [6.45, 7) is 3.57. The zero-order valence-corrected chi connectivity index (χ0v) is 10.8. The molecular formula is C12H23N3O2. The van der Waals surface area contributed by atoms with E-state index in [0.717, 1.165) is 43.9 Å². The zero-order chi connectivity index (χ0) is 12.5. The maximum Gasteiger partial charge on any atom is 0.226 e. The lowest BCUT2D eigenvalue weighted by molar-refractivity contribution is 0.199. The molecule has 0 radical (unpaired) electrons. The van der Waals surface area contributed by atoms with Gasteiger partial charge in [0.2, 0.25) is 5.89 Å². The number of nitrogens with two attached hydrogens (primary N) is 1. The topological polar surface area (TPSA) is 74.2 Å². The average molecular weight is 241 g/mol. The first-order valence-corrected chi connectivity index (χ1v) is 6.30. The van der Waals surface area contributed by atoms with Crippen molar-refractivity contribution in [3.8, 4) is 0 Å². The number of ether oxygens (including phenoxy) is 1. The Hall–Kier alpha value is -0.940. The van der Waals surface area contributed by atoms with Crippen LogP contribution < -0.4 is 5.73 Å². The van der Waals surface area contributed by atoms with Gasteiger partial charge in [0, 0.05) is 20.0 Å². The van der Waals surface area contributed by atoms with Gasteiger partial charge < -0.3 is 15.0 Å². The lowest BCUT2D eigenvalue weighted by Crippen LogP contribution is -2.09. The maximum atomic E-state index is 5.57. The molecule has 1 aromatic heterocycles. The third kappa shape index (κ3) is 5.28. The highest BCUT2D eigenvalue weighted by Crippen LogP contribution is 2.15. The minimum Gasteiger partial charge on any atom is -0.384 e. The summed E-state index contributed by atoms with van der Waals surface area (Å²) in [5.41, 5.74) is 5.57. The summed E-state index contributed by atoms with van der Waals surface area (Å²) >= 11 is 0. The van der Waals surface area contributed by atoms with Crippen LogP contribution in [0, 0.1) is 5.92 Å². The van der Waals surface area contributed by atoms with Crippen molar-refractivity contribution >= 4 is 0 Å². The van der Waals surface area contributed by atoms with Gasteiger partial charge in [-0.2, -0.15) is 4.98 Å². The van der Waals surface area contributed by atoms with Crippen LogP contribution in [0.15, 0.2) is 4.52 Å². The van der Waals surface area contributed by atoms with Gasteiger partial charge in [0.15, 0.2) is 5.82 Å². The summed E-state index contributed by atoms with van der Waals surface area (Å²) in [5.74, 6) is 2.12. The summed E-state index contributed by atoms with van der Waals surface area (Å²) in [5, 5.41) is 3.91. The van der Waals surface area contributed by atoms with Gasteiger partial charge in [0.25, 0.3) is 0 Å². The molecule has 0 aliphatic carbocycles. The second kappa shape index (κ2) is 8.20. The van der Waals surface area contributed by atoms with Gasteiger partial charge >= 0.3 is 0 Å². The number of rotatable bonds is 9. The van der Waals surface area contributed by atoms with E-state index in [1.165, 1.54) is 0 Å². The summed E-state index contributed by atoms with van der Waals surface area (Å²) < 4.78 is 10.2. The van der Waals surface area contributed by atoms with Crippen molar-refractivity contribution in [2.24, 2.45) is 11.7 Å². The standard InChI is InChI=1S/C12H23N3O2/c1-3-10(6-8-13)4-5-12-14-11(15-17-12)7-9-16-2/h10H,3-9,13H2,1-2H3. The van der Waals surface area contributed by atoms with E-state index >= 15 is 0 Å². The lowest BCUT2D eigenvalue weighted by Gasteiger charge is -2.11. The molecule has 98 valence electrons. The van der Waals surface area contributed by atoms with Gasteiger partial charge in [-0.15, -0.1) is 0 Å². The number of aromatic nitrogens is 2. The summed E-state index contributed by atoms with van der Waals surface area (Å²) in [6.07, 6.45) is 4.85. The summed E-state index contributed by atoms with van der Waals surface area (Å²) in [4.78, 5) is 4.33. The van der Waals surface area contributed by atoms with Crippen LogP contribution in [0.5, 0.6) is 0 Å². The second-order valence-corrected chi connectivity index (χ2v) is 4.24. The van der Waals surface area contributed by atoms with E-state index in [2.05, 4.69) is 17.1 Å². The second-order valence-electron chi connectivity index (χ2n) is 4.24. The molecule has 0 fully saturated rings. The van der Waals surface area contributed by atoms with Crippen LogP contribution in [0.4, 0.5) is 0 Å². The van der Waals surface area contributed by atoms with Gasteiger partial charge in [0.1, 0.15) is 0 Å². The maximum absolute atomic E-state index is 5.57. The molecule has 1 heterocycles. The Labute approximate surface area is 103 Å². The Kier molecular flexibility index (Phi) is 6.81. The molecule has 2 N–H and O–H groups in total. The van der Waals surface area contributed by atoms with E-state index in [4.69, 9.17) is 15.0 Å². The van der Waals surface area contributed by atoms with Crippen LogP contribution in [-0.4, -0.2) is 30.4 Å². The van der Waals surface area contributed by atoms with E-state index in [1.54, 1.807) is 7.11 Å². The Bertz CT molecular complexity index is 302. The van der Waals surface area contributed by atoms with Crippen molar-refractivity contribution in [2.75, 3.05) is 20.3 Å². The van der Waals surface area contributed by atoms with Crippen LogP contribution in [0.1, 0.15) is 37.9 Å². The normalized spacial score (nSPS) is 12.9. The number of hydrogen-bond acceptors (Lipinski definition) is 5. The largest absolute Gasteiger partial charge is 0.384 e. The lowest BCUT2D eigenvalue weighted by atomic mass is 9.97. The van der Waals surface area contributed by atoms with Crippen molar-refractivity contribution in [3.05, 3.63) is 11.7 Å². The first-order chi connectivity index (χ1) is 8.30. The molecule has 1 unspecified atom stereocenters. The van der Waals surface area contributed by atoms with Crippen LogP contribution in [0.3, 0.4) is 0 Å². The van der Waals surface area contributed by atoms with Crippen molar-refractivity contribution in [3.63, 3.8) is 0 Å². The van der Waals surface area contributed by atoms with Crippen LogP contribution >= 0.6 is 0 Å². The van der Waals surface area contributed by atoms with Crippen molar-refractivity contribution in [1.29, 1.82) is 0 Å². The number of nitrogens with zero attached hydrogens (tertiary/aromatic N) is 2. The summed E-state index contributed by atoms with van der Waals surface area (Å²) in [7, 11) is 1.67. The fourth-order valence-corrected chi connectivity index (χ4v) is 1.80. The molecule has 0 spiro atoms. The van der Waals surface area contributed by atoms with E-state index in [-0.39, 0.29) is 0 Å². The van der Waals surface area contributed by atoms with Crippen molar-refractivity contribution < 1.29 is 9.26 Å². The van der Waals surface area contributed by atoms with Gasteiger partial charge in [-0.1, -0.05) is 18.5 Å². The van der Waals surface area contributed by atoms with Crippen molar-refractivity contribution in [1.82, 2.24) is 10.1 Å². The highest BCUT2D eigenvalue weighted by Gasteiger charge is 2.10. The smallest absolute Gasteiger partial charge is 0.226 e. The first kappa shape index (κ1) is 14.1. The molecule has 0 saturated carbocycles. The Morgan fingerprint density at radius 3 is 2.82 bits per heavy atom. The van der Waals surface area contributed by atoms with Gasteiger partial charge in [0.05, 0.1) is 6.61 Å². The molecule has 1 rings (SSSR count). The monoisotopic (exact) mass is 241 g/mol. The van der Waals surface area contributed by atoms with E-state index in [0.29, 0.717) is 18.9 Å². The minimum absolute atomic E-state index is 0.629. The fraction of sp³-hybridized carbons (Fsp3) is 0.833. The van der Waals surface area contributed by atoms with Gasteiger partial charge in [-0.3, -0.25) is 0 Å². The van der Waals surface area contributed by atoms with Crippen LogP contribution in [0.2, 0.25) is 0 Å². The average Bonchev–Trinajstić information content (AvgIpc) is 2.80. The molecule has 17 heavy (non-hydrogen) atoms. The Balaban J connectivity index is 2.32. The van der Waals surface area contributed by atoms with Gasteiger partial charge in [-0.05, 0) is 25.3 Å². The van der Waals surface area contributed by atoms with Crippen LogP contribution in [-0.2, 0) is 17.6 Å². The first-order valence-electron chi connectivity index (χ1n) is 6.30. The highest BCUT2D eigenvalue weighted by molar-refractivity contribution is 4.87. The van der Waals surface area contributed by atoms with E-state index in [1.807, 2.05) is 0 Å². The highest BCUT2D eigenvalue weighted by atomic mass is 16.5. The zero-order valence-electron chi connectivity index (χ0n) is 10.8. The Morgan fingerprint density at radius 1 is 1.35 bits per heavy atom. The molecule has 0 aromatic carbocycles. The predicted octanol–water partition coefficient (Wildman–Crippen LogP) is 1.57. The molecule has 0 aliphatic rings. The molecule has 0 amide bonds. The van der Waals surface area contributed by atoms with Crippen molar-refractivity contribution in [2.45, 2.75) is 39.0 Å². The molecule has 1 aromatic rings. The Morgan fingerprint density at radius 2 is 2.18 bits per heavy atom. The van der Waals surface area contributed by atoms with E-state index in [9.17, 15) is 0 Å².